The number of allylic oxidation sites excluding steroid dienone is 1. The van der Waals surface area contributed by atoms with E-state index in [1.807, 2.05) is 24.4 Å². The Kier molecular flexibility index (Phi) is 1.80. The molecule has 66 valence electrons. The first-order valence-electron chi connectivity index (χ1n) is 4.51. The Balaban J connectivity index is 2.40. The third-order valence-corrected chi connectivity index (χ3v) is 2.35. The lowest BCUT2D eigenvalue weighted by molar-refractivity contribution is 0.690. The molecule has 0 aliphatic carbocycles. The van der Waals surface area contributed by atoms with Crippen LogP contribution in [0.4, 0.5) is 0 Å². The first-order valence-corrected chi connectivity index (χ1v) is 4.51. The Morgan fingerprint density at radius 1 is 1.08 bits per heavy atom. The van der Waals surface area contributed by atoms with Gasteiger partial charge in [-0.1, -0.05) is 50.3 Å². The molecule has 13 heavy (non-hydrogen) atoms. The number of benzene rings is 1. The Bertz CT molecular complexity index is 358. The maximum atomic E-state index is 4.39. The SMILES string of the molecule is CC1(C)C=CN=C1c1ccccc1. The van der Waals surface area contributed by atoms with Crippen LogP contribution in [-0.4, -0.2) is 5.71 Å². The van der Waals surface area contributed by atoms with Crippen molar-refractivity contribution in [1.29, 1.82) is 0 Å². The van der Waals surface area contributed by atoms with Crippen molar-refractivity contribution in [2.45, 2.75) is 13.8 Å². The highest BCUT2D eigenvalue weighted by atomic mass is 14.8. The highest BCUT2D eigenvalue weighted by Crippen LogP contribution is 2.28. The number of hydrogen-bond acceptors (Lipinski definition) is 1. The molecule has 1 heteroatoms. The van der Waals surface area contributed by atoms with Crippen LogP contribution in [-0.2, 0) is 0 Å². The number of rotatable bonds is 1. The third-order valence-electron chi connectivity index (χ3n) is 2.35. The lowest BCUT2D eigenvalue weighted by atomic mass is 9.85. The molecule has 1 aromatic carbocycles. The van der Waals surface area contributed by atoms with Gasteiger partial charge in [-0.25, -0.2) is 0 Å². The van der Waals surface area contributed by atoms with Gasteiger partial charge in [0.25, 0.3) is 0 Å². The van der Waals surface area contributed by atoms with Crippen LogP contribution in [0.25, 0.3) is 0 Å². The largest absolute Gasteiger partial charge is 0.260 e. The van der Waals surface area contributed by atoms with Crippen LogP contribution in [0, 0.1) is 5.41 Å². The van der Waals surface area contributed by atoms with Crippen molar-refractivity contribution in [3.05, 3.63) is 48.2 Å². The number of hydrogen-bond donors (Lipinski definition) is 0. The predicted octanol–water partition coefficient (Wildman–Crippen LogP) is 3.03. The number of nitrogens with zero attached hydrogens (tertiary/aromatic N) is 1. The zero-order chi connectivity index (χ0) is 9.31. The van der Waals surface area contributed by atoms with E-state index in [1.165, 1.54) is 5.56 Å². The molecule has 2 rings (SSSR count). The molecule has 0 fully saturated rings. The summed E-state index contributed by atoms with van der Waals surface area (Å²) in [5.74, 6) is 0. The maximum Gasteiger partial charge on any atom is 0.0570 e. The molecule has 1 aliphatic heterocycles. The topological polar surface area (TPSA) is 12.4 Å². The molecule has 1 heterocycles. The van der Waals surface area contributed by atoms with E-state index < -0.39 is 0 Å². The molecule has 1 aromatic rings. The summed E-state index contributed by atoms with van der Waals surface area (Å²) in [6.07, 6.45) is 4.03. The summed E-state index contributed by atoms with van der Waals surface area (Å²) >= 11 is 0. The van der Waals surface area contributed by atoms with E-state index in [0.29, 0.717) is 0 Å². The highest BCUT2D eigenvalue weighted by Gasteiger charge is 2.25. The van der Waals surface area contributed by atoms with Crippen LogP contribution in [0.2, 0.25) is 0 Å². The van der Waals surface area contributed by atoms with Crippen LogP contribution in [0.1, 0.15) is 19.4 Å². The summed E-state index contributed by atoms with van der Waals surface area (Å²) in [4.78, 5) is 4.39. The minimum Gasteiger partial charge on any atom is -0.260 e. The highest BCUT2D eigenvalue weighted by molar-refractivity contribution is 6.07. The van der Waals surface area contributed by atoms with Gasteiger partial charge < -0.3 is 0 Å². The van der Waals surface area contributed by atoms with Gasteiger partial charge in [0.15, 0.2) is 0 Å². The molecule has 0 amide bonds. The van der Waals surface area contributed by atoms with Crippen LogP contribution < -0.4 is 0 Å². The monoisotopic (exact) mass is 171 g/mol. The van der Waals surface area contributed by atoms with Crippen molar-refractivity contribution >= 4 is 5.71 Å². The van der Waals surface area contributed by atoms with E-state index in [-0.39, 0.29) is 5.41 Å². The van der Waals surface area contributed by atoms with E-state index in [2.05, 4.69) is 37.0 Å². The second-order valence-corrected chi connectivity index (χ2v) is 3.88. The summed E-state index contributed by atoms with van der Waals surface area (Å²) < 4.78 is 0. The molecule has 0 unspecified atom stereocenters. The predicted molar refractivity (Wildman–Crippen MR) is 55.9 cm³/mol. The van der Waals surface area contributed by atoms with E-state index in [4.69, 9.17) is 0 Å². The summed E-state index contributed by atoms with van der Waals surface area (Å²) in [6.45, 7) is 4.37. The summed E-state index contributed by atoms with van der Waals surface area (Å²) in [6, 6.07) is 10.3. The third kappa shape index (κ3) is 1.42. The lowest BCUT2D eigenvalue weighted by Crippen LogP contribution is -2.19. The van der Waals surface area contributed by atoms with Gasteiger partial charge in [-0.2, -0.15) is 0 Å². The molecule has 0 radical (unpaired) electrons. The average molecular weight is 171 g/mol. The molecular formula is C12H13N. The van der Waals surface area contributed by atoms with Crippen LogP contribution in [0.5, 0.6) is 0 Å². The van der Waals surface area contributed by atoms with E-state index in [9.17, 15) is 0 Å². The van der Waals surface area contributed by atoms with Gasteiger partial charge in [-0.05, 0) is 5.56 Å². The Labute approximate surface area is 78.8 Å². The van der Waals surface area contributed by atoms with Crippen LogP contribution in [0.15, 0.2) is 47.6 Å². The summed E-state index contributed by atoms with van der Waals surface area (Å²) in [5, 5.41) is 0. The Hall–Kier alpha value is -1.37. The van der Waals surface area contributed by atoms with Gasteiger partial charge in [0, 0.05) is 11.6 Å². The fraction of sp³-hybridized carbons (Fsp3) is 0.250. The Morgan fingerprint density at radius 2 is 1.77 bits per heavy atom. The normalized spacial score (nSPS) is 18.8. The quantitative estimate of drug-likeness (QED) is 0.616. The molecule has 0 saturated carbocycles. The van der Waals surface area contributed by atoms with E-state index in [0.717, 1.165) is 5.71 Å². The van der Waals surface area contributed by atoms with Crippen molar-refractivity contribution in [2.75, 3.05) is 0 Å². The average Bonchev–Trinajstić information content (AvgIpc) is 2.47. The van der Waals surface area contributed by atoms with Gasteiger partial charge in [0.05, 0.1) is 5.71 Å². The van der Waals surface area contributed by atoms with Gasteiger partial charge in [0.2, 0.25) is 0 Å². The molecule has 0 bridgehead atoms. The molecule has 0 atom stereocenters. The van der Waals surface area contributed by atoms with Crippen molar-refractivity contribution < 1.29 is 0 Å². The maximum absolute atomic E-state index is 4.39. The molecule has 0 spiro atoms. The van der Waals surface area contributed by atoms with Gasteiger partial charge in [-0.3, -0.25) is 4.99 Å². The summed E-state index contributed by atoms with van der Waals surface area (Å²) in [5.41, 5.74) is 2.46. The van der Waals surface area contributed by atoms with Crippen molar-refractivity contribution in [1.82, 2.24) is 0 Å². The van der Waals surface area contributed by atoms with Crippen molar-refractivity contribution in [3.63, 3.8) is 0 Å². The zero-order valence-corrected chi connectivity index (χ0v) is 7.99. The Morgan fingerprint density at radius 3 is 2.31 bits per heavy atom. The van der Waals surface area contributed by atoms with Crippen molar-refractivity contribution in [3.8, 4) is 0 Å². The summed E-state index contributed by atoms with van der Waals surface area (Å²) in [7, 11) is 0. The van der Waals surface area contributed by atoms with Gasteiger partial charge in [0.1, 0.15) is 0 Å². The first-order chi connectivity index (χ1) is 6.20. The fourth-order valence-electron chi connectivity index (χ4n) is 1.59. The molecule has 0 saturated heterocycles. The van der Waals surface area contributed by atoms with Gasteiger partial charge >= 0.3 is 0 Å². The zero-order valence-electron chi connectivity index (χ0n) is 7.99. The minimum atomic E-state index is 0.0847. The van der Waals surface area contributed by atoms with Crippen molar-refractivity contribution in [2.24, 2.45) is 10.4 Å². The molecule has 0 aromatic heterocycles. The molecule has 1 nitrogen and oxygen atoms in total. The molecule has 0 N–H and O–H groups in total. The second kappa shape index (κ2) is 2.84. The standard InChI is InChI=1S/C12H13N/c1-12(2)8-9-13-11(12)10-6-4-3-5-7-10/h3-9H,1-2H3. The fourth-order valence-corrected chi connectivity index (χ4v) is 1.59. The number of aliphatic imine (C=N–C) groups is 1. The smallest absolute Gasteiger partial charge is 0.0570 e. The van der Waals surface area contributed by atoms with E-state index >= 15 is 0 Å². The van der Waals surface area contributed by atoms with Crippen LogP contribution >= 0.6 is 0 Å². The minimum absolute atomic E-state index is 0.0847. The first kappa shape index (κ1) is 8.24. The lowest BCUT2D eigenvalue weighted by Gasteiger charge is -2.18. The molecule has 1 aliphatic rings. The molecular weight excluding hydrogens is 158 g/mol. The van der Waals surface area contributed by atoms with E-state index in [1.54, 1.807) is 0 Å². The second-order valence-electron chi connectivity index (χ2n) is 3.88. The van der Waals surface area contributed by atoms with Gasteiger partial charge in [-0.15, -0.1) is 0 Å². The van der Waals surface area contributed by atoms with Crippen LogP contribution in [0.3, 0.4) is 0 Å².